The van der Waals surface area contributed by atoms with Crippen molar-refractivity contribution in [3.05, 3.63) is 35.6 Å². The third-order valence-electron chi connectivity index (χ3n) is 4.15. The fourth-order valence-electron chi connectivity index (χ4n) is 3.21. The van der Waals surface area contributed by atoms with Crippen molar-refractivity contribution < 1.29 is 4.79 Å². The van der Waals surface area contributed by atoms with Crippen molar-refractivity contribution >= 4 is 29.3 Å². The zero-order valence-corrected chi connectivity index (χ0v) is 15.4. The lowest BCUT2D eigenvalue weighted by Gasteiger charge is -2.34. The van der Waals surface area contributed by atoms with E-state index in [0.29, 0.717) is 27.8 Å². The summed E-state index contributed by atoms with van der Waals surface area (Å²) in [5, 5.41) is 9.45. The Morgan fingerprint density at radius 3 is 2.79 bits per heavy atom. The number of benzene rings is 1. The van der Waals surface area contributed by atoms with Crippen LogP contribution in [0.1, 0.15) is 20.3 Å². The van der Waals surface area contributed by atoms with Crippen molar-refractivity contribution in [2.24, 2.45) is 11.8 Å². The molecule has 7 heteroatoms. The fourth-order valence-corrected chi connectivity index (χ4v) is 4.23. The molecule has 3 rings (SSSR count). The van der Waals surface area contributed by atoms with Gasteiger partial charge < -0.3 is 4.90 Å². The van der Waals surface area contributed by atoms with Gasteiger partial charge in [-0.3, -0.25) is 9.36 Å². The maximum atomic E-state index is 12.5. The van der Waals surface area contributed by atoms with E-state index in [4.69, 9.17) is 11.6 Å². The monoisotopic (exact) mass is 364 g/mol. The van der Waals surface area contributed by atoms with Gasteiger partial charge >= 0.3 is 0 Å². The Morgan fingerprint density at radius 2 is 2.08 bits per heavy atom. The van der Waals surface area contributed by atoms with Crippen LogP contribution in [0.5, 0.6) is 0 Å². The van der Waals surface area contributed by atoms with Crippen LogP contribution in [0.2, 0.25) is 5.02 Å². The highest BCUT2D eigenvalue weighted by Crippen LogP contribution is 2.24. The number of aromatic nitrogens is 3. The number of piperidine rings is 1. The lowest BCUT2D eigenvalue weighted by atomic mass is 9.92. The molecule has 2 heterocycles. The lowest BCUT2D eigenvalue weighted by Crippen LogP contribution is -2.43. The maximum absolute atomic E-state index is 12.5. The Morgan fingerprint density at radius 1 is 1.33 bits per heavy atom. The molecule has 1 amide bonds. The van der Waals surface area contributed by atoms with Crippen molar-refractivity contribution in [2.45, 2.75) is 25.4 Å². The molecule has 24 heavy (non-hydrogen) atoms. The molecule has 1 saturated heterocycles. The number of halogens is 1. The Kier molecular flexibility index (Phi) is 5.46. The number of hydrogen-bond acceptors (Lipinski definition) is 4. The summed E-state index contributed by atoms with van der Waals surface area (Å²) in [6.45, 7) is 6.12. The number of rotatable bonds is 4. The van der Waals surface area contributed by atoms with Gasteiger partial charge in [-0.1, -0.05) is 43.3 Å². The predicted molar refractivity (Wildman–Crippen MR) is 96.6 cm³/mol. The average Bonchev–Trinajstić information content (AvgIpc) is 3.00. The number of amides is 1. The zero-order valence-electron chi connectivity index (χ0n) is 13.9. The first-order chi connectivity index (χ1) is 11.5. The third kappa shape index (κ3) is 4.11. The van der Waals surface area contributed by atoms with Crippen LogP contribution >= 0.6 is 23.4 Å². The molecule has 0 spiro atoms. The summed E-state index contributed by atoms with van der Waals surface area (Å²) in [4.78, 5) is 14.5. The molecule has 1 aromatic carbocycles. The van der Waals surface area contributed by atoms with Crippen molar-refractivity contribution in [1.29, 1.82) is 0 Å². The molecule has 0 aliphatic carbocycles. The number of carbonyl (C=O) groups excluding carboxylic acids is 1. The van der Waals surface area contributed by atoms with Crippen molar-refractivity contribution in [3.63, 3.8) is 0 Å². The minimum atomic E-state index is 0.166. The number of hydrogen-bond donors (Lipinski definition) is 0. The number of nitrogens with zero attached hydrogens (tertiary/aromatic N) is 4. The molecule has 1 aliphatic rings. The molecule has 1 fully saturated rings. The van der Waals surface area contributed by atoms with Crippen LogP contribution in [-0.2, 0) is 4.79 Å². The molecule has 1 aliphatic heterocycles. The smallest absolute Gasteiger partial charge is 0.233 e. The van der Waals surface area contributed by atoms with E-state index in [2.05, 4.69) is 24.0 Å². The van der Waals surface area contributed by atoms with Crippen LogP contribution in [0.3, 0.4) is 0 Å². The molecular formula is C17H21ClN4OS. The molecule has 0 radical (unpaired) electrons. The SMILES string of the molecule is C[C@@H]1C[C@H](C)CN(C(=O)CSc2nncn2-c2cccc(Cl)c2)C1. The van der Waals surface area contributed by atoms with Gasteiger partial charge in [0.25, 0.3) is 0 Å². The van der Waals surface area contributed by atoms with Gasteiger partial charge in [-0.05, 0) is 36.5 Å². The normalized spacial score (nSPS) is 21.0. The first-order valence-corrected chi connectivity index (χ1v) is 9.46. The van der Waals surface area contributed by atoms with E-state index in [1.54, 1.807) is 6.33 Å². The minimum absolute atomic E-state index is 0.166. The summed E-state index contributed by atoms with van der Waals surface area (Å²) < 4.78 is 1.85. The number of thioether (sulfide) groups is 1. The van der Waals surface area contributed by atoms with E-state index in [-0.39, 0.29) is 5.91 Å². The largest absolute Gasteiger partial charge is 0.341 e. The van der Waals surface area contributed by atoms with Gasteiger partial charge in [0.1, 0.15) is 6.33 Å². The summed E-state index contributed by atoms with van der Waals surface area (Å²) in [7, 11) is 0. The summed E-state index contributed by atoms with van der Waals surface area (Å²) >= 11 is 7.46. The van der Waals surface area contributed by atoms with Gasteiger partial charge in [0, 0.05) is 18.1 Å². The molecule has 2 aromatic rings. The van der Waals surface area contributed by atoms with Gasteiger partial charge in [0.15, 0.2) is 5.16 Å². The summed E-state index contributed by atoms with van der Waals surface area (Å²) in [6.07, 6.45) is 2.84. The van der Waals surface area contributed by atoms with Crippen LogP contribution in [0, 0.1) is 11.8 Å². The lowest BCUT2D eigenvalue weighted by molar-refractivity contribution is -0.130. The van der Waals surface area contributed by atoms with Crippen molar-refractivity contribution in [3.8, 4) is 5.69 Å². The van der Waals surface area contributed by atoms with E-state index in [1.807, 2.05) is 33.7 Å². The summed E-state index contributed by atoms with van der Waals surface area (Å²) in [6, 6.07) is 7.50. The maximum Gasteiger partial charge on any atom is 0.233 e. The first kappa shape index (κ1) is 17.3. The minimum Gasteiger partial charge on any atom is -0.341 e. The fraction of sp³-hybridized carbons (Fsp3) is 0.471. The van der Waals surface area contributed by atoms with E-state index in [1.165, 1.54) is 18.2 Å². The van der Waals surface area contributed by atoms with Gasteiger partial charge in [-0.25, -0.2) is 0 Å². The van der Waals surface area contributed by atoms with E-state index in [9.17, 15) is 4.79 Å². The van der Waals surface area contributed by atoms with Crippen LogP contribution in [0.15, 0.2) is 35.7 Å². The van der Waals surface area contributed by atoms with E-state index >= 15 is 0 Å². The first-order valence-electron chi connectivity index (χ1n) is 8.09. The van der Waals surface area contributed by atoms with Crippen molar-refractivity contribution in [1.82, 2.24) is 19.7 Å². The predicted octanol–water partition coefficient (Wildman–Crippen LogP) is 3.52. The van der Waals surface area contributed by atoms with Crippen LogP contribution in [-0.4, -0.2) is 44.4 Å². The highest BCUT2D eigenvalue weighted by Gasteiger charge is 2.25. The molecule has 128 valence electrons. The van der Waals surface area contributed by atoms with Gasteiger partial charge in [0.05, 0.1) is 11.4 Å². The average molecular weight is 365 g/mol. The second-order valence-electron chi connectivity index (χ2n) is 6.50. The quantitative estimate of drug-likeness (QED) is 0.779. The Balaban J connectivity index is 1.65. The van der Waals surface area contributed by atoms with Crippen LogP contribution in [0.4, 0.5) is 0 Å². The van der Waals surface area contributed by atoms with Crippen LogP contribution in [0.25, 0.3) is 5.69 Å². The van der Waals surface area contributed by atoms with E-state index in [0.717, 1.165) is 18.8 Å². The van der Waals surface area contributed by atoms with Gasteiger partial charge in [0.2, 0.25) is 5.91 Å². The molecule has 5 nitrogen and oxygen atoms in total. The Bertz CT molecular complexity index is 710. The molecule has 0 N–H and O–H groups in total. The molecule has 2 atom stereocenters. The third-order valence-corrected chi connectivity index (χ3v) is 5.31. The van der Waals surface area contributed by atoms with Crippen LogP contribution < -0.4 is 0 Å². The Hall–Kier alpha value is -1.53. The van der Waals surface area contributed by atoms with Crippen molar-refractivity contribution in [2.75, 3.05) is 18.8 Å². The topological polar surface area (TPSA) is 51.0 Å². The summed E-state index contributed by atoms with van der Waals surface area (Å²) in [5.74, 6) is 1.67. The summed E-state index contributed by atoms with van der Waals surface area (Å²) in [5.41, 5.74) is 0.891. The highest BCUT2D eigenvalue weighted by atomic mass is 35.5. The van der Waals surface area contributed by atoms with Gasteiger partial charge in [-0.15, -0.1) is 10.2 Å². The standard InChI is InChI=1S/C17H21ClN4OS/c1-12-6-13(2)9-21(8-12)16(23)10-24-17-20-19-11-22(17)15-5-3-4-14(18)7-15/h3-5,7,11-13H,6,8-10H2,1-2H3/t12-,13+. The highest BCUT2D eigenvalue weighted by molar-refractivity contribution is 7.99. The molecule has 1 aromatic heterocycles. The second-order valence-corrected chi connectivity index (χ2v) is 7.88. The van der Waals surface area contributed by atoms with E-state index < -0.39 is 0 Å². The number of carbonyl (C=O) groups is 1. The van der Waals surface area contributed by atoms with Gasteiger partial charge in [-0.2, -0.15) is 0 Å². The molecule has 0 unspecified atom stereocenters. The zero-order chi connectivity index (χ0) is 17.1. The molecule has 0 bridgehead atoms. The number of likely N-dealkylation sites (tertiary alicyclic amines) is 1. The Labute approximate surface area is 151 Å². The second kappa shape index (κ2) is 7.57. The molecule has 0 saturated carbocycles. The molecular weight excluding hydrogens is 344 g/mol.